The second-order valence-corrected chi connectivity index (χ2v) is 7.26. The second kappa shape index (κ2) is 9.30. The molecule has 0 aliphatic carbocycles. The molecule has 6 heteroatoms. The topological polar surface area (TPSA) is 67.2 Å². The van der Waals surface area contributed by atoms with E-state index in [-0.39, 0.29) is 17.2 Å². The van der Waals surface area contributed by atoms with Gasteiger partial charge in [-0.15, -0.1) is 0 Å². The van der Waals surface area contributed by atoms with Crippen molar-refractivity contribution in [1.82, 2.24) is 20.0 Å². The standard InChI is InChI=1S/C23H26N4O2/c1-17-14-21(28)22(25-27(17)19-12-8-5-9-13-19)23(29)24-16-20(26(2)3)15-18-10-6-4-7-11-18/h4-14,20H,15-16H2,1-3H3,(H,24,29). The van der Waals surface area contributed by atoms with Crippen molar-refractivity contribution in [2.45, 2.75) is 19.4 Å². The van der Waals surface area contributed by atoms with Gasteiger partial charge in [-0.05, 0) is 45.1 Å². The average Bonchev–Trinajstić information content (AvgIpc) is 2.72. The number of aryl methyl sites for hydroxylation is 1. The number of para-hydroxylation sites is 1. The fraction of sp³-hybridized carbons (Fsp3) is 0.261. The highest BCUT2D eigenvalue weighted by atomic mass is 16.2. The van der Waals surface area contributed by atoms with Gasteiger partial charge in [0.25, 0.3) is 5.91 Å². The van der Waals surface area contributed by atoms with Crippen molar-refractivity contribution in [3.8, 4) is 5.69 Å². The average molecular weight is 390 g/mol. The van der Waals surface area contributed by atoms with Gasteiger partial charge in [0.1, 0.15) is 0 Å². The Hall–Kier alpha value is -3.25. The maximum atomic E-state index is 12.7. The van der Waals surface area contributed by atoms with E-state index in [0.717, 1.165) is 12.1 Å². The summed E-state index contributed by atoms with van der Waals surface area (Å²) in [5, 5.41) is 7.21. The third kappa shape index (κ3) is 5.18. The third-order valence-electron chi connectivity index (χ3n) is 4.87. The first-order valence-corrected chi connectivity index (χ1v) is 9.60. The van der Waals surface area contributed by atoms with Crippen molar-refractivity contribution >= 4 is 5.91 Å². The third-order valence-corrected chi connectivity index (χ3v) is 4.87. The monoisotopic (exact) mass is 390 g/mol. The molecule has 1 aromatic heterocycles. The van der Waals surface area contributed by atoms with Crippen molar-refractivity contribution in [1.29, 1.82) is 0 Å². The van der Waals surface area contributed by atoms with E-state index in [4.69, 9.17) is 0 Å². The molecule has 2 aromatic carbocycles. The normalized spacial score (nSPS) is 12.0. The molecule has 1 unspecified atom stereocenters. The first kappa shape index (κ1) is 20.5. The van der Waals surface area contributed by atoms with Crippen LogP contribution in [0.4, 0.5) is 0 Å². The van der Waals surface area contributed by atoms with Crippen LogP contribution < -0.4 is 10.7 Å². The van der Waals surface area contributed by atoms with Gasteiger partial charge in [0, 0.05) is 24.3 Å². The predicted octanol–water partition coefficient (Wildman–Crippen LogP) is 2.44. The Bertz CT molecular complexity index is 1010. The number of hydrogen-bond donors (Lipinski definition) is 1. The summed E-state index contributed by atoms with van der Waals surface area (Å²) in [4.78, 5) is 27.2. The molecule has 29 heavy (non-hydrogen) atoms. The zero-order chi connectivity index (χ0) is 20.8. The van der Waals surface area contributed by atoms with Crippen LogP contribution in [0, 0.1) is 6.92 Å². The highest BCUT2D eigenvalue weighted by Gasteiger charge is 2.18. The molecule has 150 valence electrons. The first-order valence-electron chi connectivity index (χ1n) is 9.60. The molecule has 1 heterocycles. The maximum Gasteiger partial charge on any atom is 0.275 e. The molecule has 0 aliphatic heterocycles. The number of hydrogen-bond acceptors (Lipinski definition) is 4. The quantitative estimate of drug-likeness (QED) is 0.673. The highest BCUT2D eigenvalue weighted by molar-refractivity contribution is 5.92. The number of benzene rings is 2. The zero-order valence-electron chi connectivity index (χ0n) is 17.0. The molecule has 3 rings (SSSR count). The van der Waals surface area contributed by atoms with Crippen LogP contribution in [0.3, 0.4) is 0 Å². The fourth-order valence-corrected chi connectivity index (χ4v) is 3.15. The summed E-state index contributed by atoms with van der Waals surface area (Å²) in [5.41, 5.74) is 2.19. The van der Waals surface area contributed by atoms with E-state index < -0.39 is 5.91 Å². The SMILES string of the molecule is Cc1cc(=O)c(C(=O)NCC(Cc2ccccc2)N(C)C)nn1-c1ccccc1. The van der Waals surface area contributed by atoms with Crippen LogP contribution in [0.5, 0.6) is 0 Å². The number of nitrogens with zero attached hydrogens (tertiary/aromatic N) is 3. The van der Waals surface area contributed by atoms with Gasteiger partial charge in [-0.3, -0.25) is 9.59 Å². The number of amides is 1. The molecule has 0 bridgehead atoms. The molecular formula is C23H26N4O2. The van der Waals surface area contributed by atoms with E-state index in [0.29, 0.717) is 12.2 Å². The largest absolute Gasteiger partial charge is 0.349 e. The van der Waals surface area contributed by atoms with Gasteiger partial charge in [-0.1, -0.05) is 48.5 Å². The van der Waals surface area contributed by atoms with E-state index in [1.165, 1.54) is 11.6 Å². The lowest BCUT2D eigenvalue weighted by atomic mass is 10.1. The molecule has 0 saturated heterocycles. The van der Waals surface area contributed by atoms with Crippen LogP contribution in [0.1, 0.15) is 21.7 Å². The number of nitrogens with one attached hydrogen (secondary N) is 1. The summed E-state index contributed by atoms with van der Waals surface area (Å²) in [6.07, 6.45) is 0.795. The lowest BCUT2D eigenvalue weighted by molar-refractivity contribution is 0.0933. The van der Waals surface area contributed by atoms with E-state index in [1.807, 2.05) is 62.6 Å². The molecule has 0 radical (unpaired) electrons. The summed E-state index contributed by atoms with van der Waals surface area (Å²) in [7, 11) is 3.96. The van der Waals surface area contributed by atoms with Crippen molar-refractivity contribution in [3.63, 3.8) is 0 Å². The number of rotatable bonds is 7. The van der Waals surface area contributed by atoms with E-state index >= 15 is 0 Å². The Kier molecular flexibility index (Phi) is 6.57. The van der Waals surface area contributed by atoms with Crippen molar-refractivity contribution < 1.29 is 4.79 Å². The molecule has 1 amide bonds. The molecule has 0 spiro atoms. The van der Waals surface area contributed by atoms with Gasteiger partial charge in [0.05, 0.1) is 5.69 Å². The van der Waals surface area contributed by atoms with Crippen LogP contribution in [-0.2, 0) is 6.42 Å². The summed E-state index contributed by atoms with van der Waals surface area (Å²) in [5.74, 6) is -0.459. The maximum absolute atomic E-state index is 12.7. The molecule has 0 aliphatic rings. The van der Waals surface area contributed by atoms with Gasteiger partial charge < -0.3 is 10.2 Å². The van der Waals surface area contributed by atoms with Gasteiger partial charge in [0.15, 0.2) is 5.69 Å². The minimum absolute atomic E-state index is 0.100. The Morgan fingerprint density at radius 2 is 1.69 bits per heavy atom. The Balaban J connectivity index is 1.77. The van der Waals surface area contributed by atoms with Gasteiger partial charge in [-0.2, -0.15) is 5.10 Å². The van der Waals surface area contributed by atoms with Gasteiger partial charge >= 0.3 is 0 Å². The van der Waals surface area contributed by atoms with Crippen LogP contribution in [-0.4, -0.2) is 47.3 Å². The Morgan fingerprint density at radius 3 is 2.31 bits per heavy atom. The molecule has 1 atom stereocenters. The summed E-state index contributed by atoms with van der Waals surface area (Å²) in [6.45, 7) is 2.21. The summed E-state index contributed by atoms with van der Waals surface area (Å²) < 4.78 is 1.61. The van der Waals surface area contributed by atoms with Crippen LogP contribution in [0.25, 0.3) is 5.69 Å². The molecule has 6 nitrogen and oxygen atoms in total. The number of carbonyl (C=O) groups excluding carboxylic acids is 1. The smallest absolute Gasteiger partial charge is 0.275 e. The lowest BCUT2D eigenvalue weighted by Gasteiger charge is -2.24. The molecule has 0 fully saturated rings. The van der Waals surface area contributed by atoms with Crippen molar-refractivity contribution in [3.05, 3.63) is 93.9 Å². The van der Waals surface area contributed by atoms with Crippen LogP contribution in [0.15, 0.2) is 71.5 Å². The van der Waals surface area contributed by atoms with E-state index in [9.17, 15) is 9.59 Å². The summed E-state index contributed by atoms with van der Waals surface area (Å²) >= 11 is 0. The first-order chi connectivity index (χ1) is 14.0. The fourth-order valence-electron chi connectivity index (χ4n) is 3.15. The molecule has 3 aromatic rings. The molecule has 0 saturated carbocycles. The van der Waals surface area contributed by atoms with Crippen LogP contribution in [0.2, 0.25) is 0 Å². The number of carbonyl (C=O) groups is 1. The lowest BCUT2D eigenvalue weighted by Crippen LogP contribution is -2.43. The minimum Gasteiger partial charge on any atom is -0.349 e. The van der Waals surface area contributed by atoms with Crippen LogP contribution >= 0.6 is 0 Å². The van der Waals surface area contributed by atoms with E-state index in [2.05, 4.69) is 27.4 Å². The molecule has 1 N–H and O–H groups in total. The number of likely N-dealkylation sites (N-methyl/N-ethyl adjacent to an activating group) is 1. The van der Waals surface area contributed by atoms with Crippen molar-refractivity contribution in [2.75, 3.05) is 20.6 Å². The van der Waals surface area contributed by atoms with Gasteiger partial charge in [0.2, 0.25) is 5.43 Å². The number of aromatic nitrogens is 2. The molecular weight excluding hydrogens is 364 g/mol. The Labute approximate surface area is 170 Å². The van der Waals surface area contributed by atoms with Crippen molar-refractivity contribution in [2.24, 2.45) is 0 Å². The van der Waals surface area contributed by atoms with Gasteiger partial charge in [-0.25, -0.2) is 4.68 Å². The van der Waals surface area contributed by atoms with E-state index in [1.54, 1.807) is 11.6 Å². The zero-order valence-corrected chi connectivity index (χ0v) is 17.0. The second-order valence-electron chi connectivity index (χ2n) is 7.26. The highest BCUT2D eigenvalue weighted by Crippen LogP contribution is 2.09. The Morgan fingerprint density at radius 1 is 1.07 bits per heavy atom. The summed E-state index contributed by atoms with van der Waals surface area (Å²) in [6, 6.07) is 21.1. The minimum atomic E-state index is -0.459. The predicted molar refractivity (Wildman–Crippen MR) is 115 cm³/mol.